The Morgan fingerprint density at radius 3 is 2.70 bits per heavy atom. The highest BCUT2D eigenvalue weighted by Gasteiger charge is 2.21. The number of carbonyl (C=O) groups excluding carboxylic acids is 1. The molecule has 124 valence electrons. The Hall–Kier alpha value is -2.02. The van der Waals surface area contributed by atoms with Crippen LogP contribution in [0.5, 0.6) is 0 Å². The molecule has 0 aliphatic heterocycles. The number of hydrogen-bond donors (Lipinski definition) is 2. The zero-order chi connectivity index (χ0) is 17.0. The van der Waals surface area contributed by atoms with E-state index >= 15 is 0 Å². The van der Waals surface area contributed by atoms with Crippen molar-refractivity contribution < 1.29 is 14.7 Å². The minimum absolute atomic E-state index is 0.132. The summed E-state index contributed by atoms with van der Waals surface area (Å²) in [6.07, 6.45) is 1.99. The number of aliphatic carboxylic acids is 1. The Kier molecular flexibility index (Phi) is 5.65. The molecule has 2 unspecified atom stereocenters. The minimum atomic E-state index is -0.922. The lowest BCUT2D eigenvalue weighted by Gasteiger charge is -2.18. The van der Waals surface area contributed by atoms with Gasteiger partial charge in [-0.2, -0.15) is 11.8 Å². The third kappa shape index (κ3) is 4.04. The number of nitrogens with zero attached hydrogens (tertiary/aromatic N) is 2. The van der Waals surface area contributed by atoms with E-state index in [2.05, 4.69) is 10.3 Å². The van der Waals surface area contributed by atoms with Gasteiger partial charge in [-0.25, -0.2) is 4.98 Å². The van der Waals surface area contributed by atoms with Crippen molar-refractivity contribution in [3.05, 3.63) is 30.1 Å². The number of amides is 1. The van der Waals surface area contributed by atoms with Gasteiger partial charge < -0.3 is 15.0 Å². The fourth-order valence-electron chi connectivity index (χ4n) is 2.32. The summed E-state index contributed by atoms with van der Waals surface area (Å²) < 4.78 is 1.89. The quantitative estimate of drug-likeness (QED) is 0.810. The molecule has 1 aromatic heterocycles. The number of benzene rings is 1. The van der Waals surface area contributed by atoms with Crippen LogP contribution in [-0.4, -0.2) is 38.8 Å². The summed E-state index contributed by atoms with van der Waals surface area (Å²) in [5.41, 5.74) is 1.77. The Balaban J connectivity index is 2.18. The maximum absolute atomic E-state index is 12.3. The predicted octanol–water partition coefficient (Wildman–Crippen LogP) is 2.12. The molecule has 0 aliphatic carbocycles. The van der Waals surface area contributed by atoms with E-state index in [9.17, 15) is 9.59 Å². The Labute approximate surface area is 139 Å². The molecule has 1 heterocycles. The van der Waals surface area contributed by atoms with Gasteiger partial charge in [-0.3, -0.25) is 9.59 Å². The van der Waals surface area contributed by atoms with Gasteiger partial charge in [0, 0.05) is 6.04 Å². The number of carbonyl (C=O) groups is 2. The zero-order valence-corrected chi connectivity index (χ0v) is 14.3. The largest absolute Gasteiger partial charge is 0.481 e. The van der Waals surface area contributed by atoms with E-state index in [1.807, 2.05) is 35.1 Å². The molecule has 1 amide bonds. The highest BCUT2D eigenvalue weighted by Crippen LogP contribution is 2.19. The molecule has 0 saturated carbocycles. The molecule has 2 N–H and O–H groups in total. The molecule has 0 radical (unpaired) electrons. The lowest BCUT2D eigenvalue weighted by atomic mass is 10.0. The first-order valence-electron chi connectivity index (χ1n) is 7.39. The molecule has 6 nitrogen and oxygen atoms in total. The van der Waals surface area contributed by atoms with E-state index in [1.54, 1.807) is 25.6 Å². The monoisotopic (exact) mass is 335 g/mol. The molecule has 2 atom stereocenters. The molecule has 0 fully saturated rings. The number of thioether (sulfide) groups is 1. The Morgan fingerprint density at radius 2 is 2.04 bits per heavy atom. The van der Waals surface area contributed by atoms with E-state index in [1.165, 1.54) is 0 Å². The predicted molar refractivity (Wildman–Crippen MR) is 91.4 cm³/mol. The molecule has 7 heteroatoms. The zero-order valence-electron chi connectivity index (χ0n) is 13.4. The van der Waals surface area contributed by atoms with Gasteiger partial charge >= 0.3 is 5.97 Å². The number of nitrogens with one attached hydrogen (secondary N) is 1. The standard InChI is InChI=1S/C16H21N3O3S/c1-10(16(21)22)11(2)17-15(20)8-19-13-7-5-4-6-12(13)18-14(19)9-23-3/h4-7,10-11H,8-9H2,1-3H3,(H,17,20)(H,21,22). The van der Waals surface area contributed by atoms with Crippen molar-refractivity contribution in [2.45, 2.75) is 32.2 Å². The van der Waals surface area contributed by atoms with Crippen LogP contribution in [0.1, 0.15) is 19.7 Å². The van der Waals surface area contributed by atoms with Gasteiger partial charge in [-0.05, 0) is 32.2 Å². The topological polar surface area (TPSA) is 84.2 Å². The van der Waals surface area contributed by atoms with Gasteiger partial charge in [0.25, 0.3) is 0 Å². The molecule has 0 saturated heterocycles. The first kappa shape index (κ1) is 17.3. The summed E-state index contributed by atoms with van der Waals surface area (Å²) >= 11 is 1.64. The highest BCUT2D eigenvalue weighted by atomic mass is 32.2. The fourth-order valence-corrected chi connectivity index (χ4v) is 2.80. The van der Waals surface area contributed by atoms with E-state index in [-0.39, 0.29) is 12.5 Å². The van der Waals surface area contributed by atoms with Gasteiger partial charge in [0.2, 0.25) is 5.91 Å². The molecule has 2 rings (SSSR count). The number of aromatic nitrogens is 2. The average Bonchev–Trinajstić information content (AvgIpc) is 2.84. The van der Waals surface area contributed by atoms with Crippen LogP contribution in [0.15, 0.2) is 24.3 Å². The number of hydrogen-bond acceptors (Lipinski definition) is 4. The third-order valence-electron chi connectivity index (χ3n) is 3.84. The van der Waals surface area contributed by atoms with Crippen LogP contribution in [0.3, 0.4) is 0 Å². The van der Waals surface area contributed by atoms with Crippen LogP contribution in [0.4, 0.5) is 0 Å². The number of para-hydroxylation sites is 2. The van der Waals surface area contributed by atoms with Crippen molar-refractivity contribution in [3.63, 3.8) is 0 Å². The summed E-state index contributed by atoms with van der Waals surface area (Å²) in [4.78, 5) is 27.8. The summed E-state index contributed by atoms with van der Waals surface area (Å²) in [6, 6.07) is 7.25. The Bertz CT molecular complexity index is 714. The smallest absolute Gasteiger partial charge is 0.308 e. The minimum Gasteiger partial charge on any atom is -0.481 e. The van der Waals surface area contributed by atoms with Gasteiger partial charge in [0.15, 0.2) is 0 Å². The number of carboxylic acid groups (broad SMARTS) is 1. The van der Waals surface area contributed by atoms with Gasteiger partial charge in [0.05, 0.1) is 22.7 Å². The summed E-state index contributed by atoms with van der Waals surface area (Å²) in [6.45, 7) is 3.41. The second-order valence-electron chi connectivity index (χ2n) is 5.52. The van der Waals surface area contributed by atoms with Crippen molar-refractivity contribution in [1.29, 1.82) is 0 Å². The van der Waals surface area contributed by atoms with Crippen LogP contribution in [-0.2, 0) is 21.9 Å². The van der Waals surface area contributed by atoms with E-state index < -0.39 is 17.9 Å². The van der Waals surface area contributed by atoms with Crippen LogP contribution in [0, 0.1) is 5.92 Å². The molecular formula is C16H21N3O3S. The second kappa shape index (κ2) is 7.50. The maximum Gasteiger partial charge on any atom is 0.308 e. The molecule has 2 aromatic rings. The summed E-state index contributed by atoms with van der Waals surface area (Å²) in [7, 11) is 0. The highest BCUT2D eigenvalue weighted by molar-refractivity contribution is 7.97. The van der Waals surface area contributed by atoms with Crippen LogP contribution in [0.25, 0.3) is 11.0 Å². The third-order valence-corrected chi connectivity index (χ3v) is 4.38. The average molecular weight is 335 g/mol. The van der Waals surface area contributed by atoms with E-state index in [0.29, 0.717) is 5.75 Å². The molecular weight excluding hydrogens is 314 g/mol. The molecule has 0 bridgehead atoms. The number of imidazole rings is 1. The summed E-state index contributed by atoms with van der Waals surface area (Å²) in [5, 5.41) is 11.8. The first-order valence-corrected chi connectivity index (χ1v) is 8.78. The van der Waals surface area contributed by atoms with E-state index in [4.69, 9.17) is 5.11 Å². The fraction of sp³-hybridized carbons (Fsp3) is 0.438. The van der Waals surface area contributed by atoms with Crippen molar-refractivity contribution in [2.75, 3.05) is 6.26 Å². The number of carboxylic acids is 1. The molecule has 0 aliphatic rings. The van der Waals surface area contributed by atoms with Gasteiger partial charge in [0.1, 0.15) is 12.4 Å². The van der Waals surface area contributed by atoms with Crippen LogP contribution >= 0.6 is 11.8 Å². The van der Waals surface area contributed by atoms with Gasteiger partial charge in [-0.15, -0.1) is 0 Å². The molecule has 0 spiro atoms. The number of fused-ring (bicyclic) bond motifs is 1. The lowest BCUT2D eigenvalue weighted by Crippen LogP contribution is -2.41. The molecule has 1 aromatic carbocycles. The number of rotatable bonds is 7. The van der Waals surface area contributed by atoms with Crippen molar-refractivity contribution >= 4 is 34.7 Å². The van der Waals surface area contributed by atoms with Gasteiger partial charge in [-0.1, -0.05) is 12.1 Å². The first-order chi connectivity index (χ1) is 10.9. The lowest BCUT2D eigenvalue weighted by molar-refractivity contribution is -0.142. The maximum atomic E-state index is 12.3. The van der Waals surface area contributed by atoms with Crippen LogP contribution < -0.4 is 5.32 Å². The van der Waals surface area contributed by atoms with E-state index in [0.717, 1.165) is 16.9 Å². The normalized spacial score (nSPS) is 13.7. The SMILES string of the molecule is CSCc1nc2ccccc2n1CC(=O)NC(C)C(C)C(=O)O. The van der Waals surface area contributed by atoms with Crippen LogP contribution in [0.2, 0.25) is 0 Å². The van der Waals surface area contributed by atoms with Crippen molar-refractivity contribution in [1.82, 2.24) is 14.9 Å². The Morgan fingerprint density at radius 1 is 1.35 bits per heavy atom. The second-order valence-corrected chi connectivity index (χ2v) is 6.39. The summed E-state index contributed by atoms with van der Waals surface area (Å²) in [5.74, 6) is -0.217. The van der Waals surface area contributed by atoms with Crippen molar-refractivity contribution in [3.8, 4) is 0 Å². The molecule has 23 heavy (non-hydrogen) atoms. The van der Waals surface area contributed by atoms with Crippen molar-refractivity contribution in [2.24, 2.45) is 5.92 Å².